The van der Waals surface area contributed by atoms with Crippen molar-refractivity contribution in [3.63, 3.8) is 0 Å². The van der Waals surface area contributed by atoms with Gasteiger partial charge < -0.3 is 0 Å². The van der Waals surface area contributed by atoms with Crippen LogP contribution in [-0.2, 0) is 12.6 Å². The molecule has 0 spiro atoms. The Labute approximate surface area is 128 Å². The zero-order valence-corrected chi connectivity index (χ0v) is 12.8. The highest BCUT2D eigenvalue weighted by atomic mass is 79.9. The lowest BCUT2D eigenvalue weighted by molar-refractivity contribution is -0.137. The molecule has 1 atom stereocenters. The van der Waals surface area contributed by atoms with Crippen molar-refractivity contribution in [2.75, 3.05) is 0 Å². The van der Waals surface area contributed by atoms with Crippen LogP contribution in [0.3, 0.4) is 0 Å². The van der Waals surface area contributed by atoms with Crippen molar-refractivity contribution in [2.45, 2.75) is 24.3 Å². The molecule has 0 saturated heterocycles. The molecular formula is C16H13BrF4. The lowest BCUT2D eigenvalue weighted by Gasteiger charge is -2.14. The van der Waals surface area contributed by atoms with Gasteiger partial charge >= 0.3 is 6.18 Å². The number of hydrogen-bond acceptors (Lipinski definition) is 0. The normalized spacial score (nSPS) is 13.2. The van der Waals surface area contributed by atoms with Gasteiger partial charge in [0.2, 0.25) is 0 Å². The van der Waals surface area contributed by atoms with E-state index in [1.807, 2.05) is 31.2 Å². The van der Waals surface area contributed by atoms with Gasteiger partial charge in [-0.25, -0.2) is 4.39 Å². The minimum absolute atomic E-state index is 0.0198. The molecule has 0 nitrogen and oxygen atoms in total. The van der Waals surface area contributed by atoms with Crippen molar-refractivity contribution in [3.05, 3.63) is 70.5 Å². The molecule has 2 aromatic rings. The Morgan fingerprint density at radius 2 is 1.81 bits per heavy atom. The summed E-state index contributed by atoms with van der Waals surface area (Å²) >= 11 is 3.29. The summed E-state index contributed by atoms with van der Waals surface area (Å²) in [7, 11) is 0. The largest absolute Gasteiger partial charge is 0.416 e. The first-order chi connectivity index (χ1) is 9.77. The van der Waals surface area contributed by atoms with Crippen molar-refractivity contribution in [2.24, 2.45) is 0 Å². The van der Waals surface area contributed by atoms with Crippen LogP contribution >= 0.6 is 15.9 Å². The fourth-order valence-corrected chi connectivity index (χ4v) is 2.84. The molecule has 0 aliphatic carbocycles. The lowest BCUT2D eigenvalue weighted by Crippen LogP contribution is -2.08. The van der Waals surface area contributed by atoms with Gasteiger partial charge in [-0.05, 0) is 37.1 Å². The summed E-state index contributed by atoms with van der Waals surface area (Å²) in [6, 6.07) is 10.1. The van der Waals surface area contributed by atoms with Gasteiger partial charge in [0.25, 0.3) is 0 Å². The zero-order chi connectivity index (χ0) is 15.6. The summed E-state index contributed by atoms with van der Waals surface area (Å²) in [4.78, 5) is -0.512. The van der Waals surface area contributed by atoms with E-state index in [0.717, 1.165) is 29.3 Å². The quantitative estimate of drug-likeness (QED) is 0.477. The van der Waals surface area contributed by atoms with E-state index in [1.165, 1.54) is 0 Å². The molecule has 0 radical (unpaired) electrons. The number of rotatable bonds is 3. The van der Waals surface area contributed by atoms with E-state index in [4.69, 9.17) is 0 Å². The molecule has 21 heavy (non-hydrogen) atoms. The van der Waals surface area contributed by atoms with Gasteiger partial charge in [-0.15, -0.1) is 0 Å². The number of benzene rings is 2. The molecule has 0 aromatic heterocycles. The first-order valence-electron chi connectivity index (χ1n) is 6.33. The van der Waals surface area contributed by atoms with Crippen LogP contribution in [0.2, 0.25) is 0 Å². The van der Waals surface area contributed by atoms with Gasteiger partial charge in [-0.3, -0.25) is 0 Å². The second kappa shape index (κ2) is 6.18. The average molecular weight is 361 g/mol. The van der Waals surface area contributed by atoms with Crippen LogP contribution in [0.4, 0.5) is 17.6 Å². The standard InChI is InChI=1S/C16H13BrF4/c1-10-3-2-4-11(7-10)8-14(17)13-9-12(16(19,20)21)5-6-15(13)18/h2-7,9,14H,8H2,1H3. The van der Waals surface area contributed by atoms with Gasteiger partial charge in [0.15, 0.2) is 0 Å². The number of aryl methyl sites for hydroxylation is 1. The van der Waals surface area contributed by atoms with Gasteiger partial charge in [-0.2, -0.15) is 13.2 Å². The summed E-state index contributed by atoms with van der Waals surface area (Å²) in [6.07, 6.45) is -4.06. The second-order valence-corrected chi connectivity index (χ2v) is 6.00. The topological polar surface area (TPSA) is 0 Å². The maximum atomic E-state index is 13.8. The Morgan fingerprint density at radius 3 is 2.43 bits per heavy atom. The summed E-state index contributed by atoms with van der Waals surface area (Å²) in [5, 5.41) is 0. The molecule has 0 bridgehead atoms. The maximum absolute atomic E-state index is 13.8. The van der Waals surface area contributed by atoms with Gasteiger partial charge in [0.05, 0.1) is 5.56 Å². The highest BCUT2D eigenvalue weighted by Gasteiger charge is 2.31. The third kappa shape index (κ3) is 4.06. The monoisotopic (exact) mass is 360 g/mol. The predicted molar refractivity (Wildman–Crippen MR) is 78.0 cm³/mol. The van der Waals surface area contributed by atoms with Gasteiger partial charge in [0, 0.05) is 10.4 Å². The molecule has 0 N–H and O–H groups in total. The minimum Gasteiger partial charge on any atom is -0.207 e. The van der Waals surface area contributed by atoms with E-state index in [9.17, 15) is 17.6 Å². The average Bonchev–Trinajstić information content (AvgIpc) is 2.37. The highest BCUT2D eigenvalue weighted by Crippen LogP contribution is 2.35. The van der Waals surface area contributed by atoms with E-state index in [1.54, 1.807) is 0 Å². The molecule has 0 heterocycles. The van der Waals surface area contributed by atoms with E-state index in [0.29, 0.717) is 6.42 Å². The van der Waals surface area contributed by atoms with Crippen molar-refractivity contribution in [1.29, 1.82) is 0 Å². The summed E-state index contributed by atoms with van der Waals surface area (Å²) in [5.74, 6) is -0.641. The third-order valence-corrected chi connectivity index (χ3v) is 3.98. The molecule has 112 valence electrons. The van der Waals surface area contributed by atoms with E-state index >= 15 is 0 Å². The molecule has 2 rings (SSSR count). The zero-order valence-electron chi connectivity index (χ0n) is 11.2. The van der Waals surface area contributed by atoms with Crippen LogP contribution in [0.25, 0.3) is 0 Å². The molecule has 5 heteroatoms. The van der Waals surface area contributed by atoms with Crippen LogP contribution < -0.4 is 0 Å². The van der Waals surface area contributed by atoms with E-state index < -0.39 is 22.4 Å². The Hall–Kier alpha value is -1.36. The first-order valence-corrected chi connectivity index (χ1v) is 7.25. The SMILES string of the molecule is Cc1cccc(CC(Br)c2cc(C(F)(F)F)ccc2F)c1. The first kappa shape index (κ1) is 16.0. The molecule has 0 aliphatic heterocycles. The van der Waals surface area contributed by atoms with Crippen LogP contribution in [-0.4, -0.2) is 0 Å². The Balaban J connectivity index is 2.28. The molecule has 0 saturated carbocycles. The van der Waals surface area contributed by atoms with E-state index in [-0.39, 0.29) is 5.56 Å². The van der Waals surface area contributed by atoms with Crippen LogP contribution in [0, 0.1) is 12.7 Å². The van der Waals surface area contributed by atoms with Gasteiger partial charge in [0.1, 0.15) is 5.82 Å². The van der Waals surface area contributed by atoms with Crippen molar-refractivity contribution >= 4 is 15.9 Å². The smallest absolute Gasteiger partial charge is 0.207 e. The maximum Gasteiger partial charge on any atom is 0.416 e. The molecule has 0 amide bonds. The Bertz CT molecular complexity index is 634. The predicted octanol–water partition coefficient (Wildman–Crippen LogP) is 5.83. The number of halogens is 5. The fraction of sp³-hybridized carbons (Fsp3) is 0.250. The molecular weight excluding hydrogens is 348 g/mol. The van der Waals surface area contributed by atoms with Crippen molar-refractivity contribution in [1.82, 2.24) is 0 Å². The molecule has 0 aliphatic rings. The van der Waals surface area contributed by atoms with Crippen LogP contribution in [0.1, 0.15) is 27.1 Å². The molecule has 2 aromatic carbocycles. The summed E-state index contributed by atoms with van der Waals surface area (Å²) in [5.41, 5.74) is 1.17. The minimum atomic E-state index is -4.47. The Morgan fingerprint density at radius 1 is 1.10 bits per heavy atom. The molecule has 0 fully saturated rings. The number of hydrogen-bond donors (Lipinski definition) is 0. The highest BCUT2D eigenvalue weighted by molar-refractivity contribution is 9.09. The van der Waals surface area contributed by atoms with Crippen molar-refractivity contribution in [3.8, 4) is 0 Å². The second-order valence-electron chi connectivity index (χ2n) is 4.89. The Kier molecular flexibility index (Phi) is 4.71. The summed E-state index contributed by atoms with van der Waals surface area (Å²) in [6.45, 7) is 1.93. The summed E-state index contributed by atoms with van der Waals surface area (Å²) < 4.78 is 51.9. The van der Waals surface area contributed by atoms with Gasteiger partial charge in [-0.1, -0.05) is 45.8 Å². The van der Waals surface area contributed by atoms with Crippen molar-refractivity contribution < 1.29 is 17.6 Å². The number of alkyl halides is 4. The lowest BCUT2D eigenvalue weighted by atomic mass is 10.0. The third-order valence-electron chi connectivity index (χ3n) is 3.16. The molecule has 1 unspecified atom stereocenters. The fourth-order valence-electron chi connectivity index (χ4n) is 2.12. The van der Waals surface area contributed by atoms with Crippen LogP contribution in [0.15, 0.2) is 42.5 Å². The van der Waals surface area contributed by atoms with Crippen LogP contribution in [0.5, 0.6) is 0 Å². The van der Waals surface area contributed by atoms with E-state index in [2.05, 4.69) is 15.9 Å².